The van der Waals surface area contributed by atoms with Crippen LogP contribution in [0.4, 0.5) is 0 Å². The molecule has 0 aromatic heterocycles. The lowest BCUT2D eigenvalue weighted by Crippen LogP contribution is -2.36. The molecule has 30 heavy (non-hydrogen) atoms. The van der Waals surface area contributed by atoms with Crippen LogP contribution in [-0.2, 0) is 17.0 Å². The van der Waals surface area contributed by atoms with Crippen LogP contribution in [0.5, 0.6) is 11.5 Å². The lowest BCUT2D eigenvalue weighted by atomic mass is 9.80. The molecule has 1 N–H and O–H groups in total. The Hall–Kier alpha value is -3.18. The van der Waals surface area contributed by atoms with Crippen molar-refractivity contribution in [3.63, 3.8) is 0 Å². The first-order chi connectivity index (χ1) is 14.2. The molecule has 1 aliphatic heterocycles. The normalized spacial score (nSPS) is 21.1. The minimum atomic E-state index is -1.84. The highest BCUT2D eigenvalue weighted by atomic mass is 16.6. The van der Waals surface area contributed by atoms with Crippen LogP contribution >= 0.6 is 0 Å². The number of aliphatic hydroxyl groups is 1. The maximum Gasteiger partial charge on any atom is 0.316 e. The zero-order valence-electron chi connectivity index (χ0n) is 17.1. The second kappa shape index (κ2) is 6.16. The summed E-state index contributed by atoms with van der Waals surface area (Å²) >= 11 is 0. The summed E-state index contributed by atoms with van der Waals surface area (Å²) in [4.78, 5) is 25.4. The molecule has 5 rings (SSSR count). The van der Waals surface area contributed by atoms with E-state index in [1.54, 1.807) is 32.9 Å². The van der Waals surface area contributed by atoms with Gasteiger partial charge in [0.2, 0.25) is 0 Å². The van der Waals surface area contributed by atoms with Crippen LogP contribution in [-0.4, -0.2) is 16.9 Å². The predicted octanol–water partition coefficient (Wildman–Crippen LogP) is 4.31. The molecule has 1 heterocycles. The third kappa shape index (κ3) is 2.66. The molecular weight excluding hydrogens is 380 g/mol. The molecule has 0 unspecified atom stereocenters. The average Bonchev–Trinajstić information content (AvgIpc) is 2.80. The summed E-state index contributed by atoms with van der Waals surface area (Å²) in [7, 11) is 0. The van der Waals surface area contributed by atoms with E-state index >= 15 is 0 Å². The maximum atomic E-state index is 12.9. The monoisotopic (exact) mass is 402 g/mol. The molecule has 152 valence electrons. The molecule has 0 saturated heterocycles. The van der Waals surface area contributed by atoms with Crippen molar-refractivity contribution in [2.45, 2.75) is 39.4 Å². The van der Waals surface area contributed by atoms with Gasteiger partial charge in [-0.1, -0.05) is 24.3 Å². The molecule has 2 aromatic rings. The van der Waals surface area contributed by atoms with Gasteiger partial charge in [0.05, 0.1) is 16.5 Å². The predicted molar refractivity (Wildman–Crippen MR) is 111 cm³/mol. The number of esters is 1. The van der Waals surface area contributed by atoms with Crippen LogP contribution in [0.15, 0.2) is 48.6 Å². The van der Waals surface area contributed by atoms with Crippen LogP contribution in [0.25, 0.3) is 5.57 Å². The standard InChI is InChI=1S/C25H22O5/c1-24(2,3)23(27)29-18-11-10-16-15-8-4-6-14-7-5-9-19(20(14)15)30-25(28)13-12-17(26)21(18)22(16)25/h5,7-13,28H,4,6H2,1-3H3/t25-/m0/s1. The van der Waals surface area contributed by atoms with Crippen LogP contribution in [0, 0.1) is 5.41 Å². The molecule has 5 nitrogen and oxygen atoms in total. The number of allylic oxidation sites excluding steroid dienone is 2. The Morgan fingerprint density at radius 2 is 1.97 bits per heavy atom. The van der Waals surface area contributed by atoms with E-state index in [2.05, 4.69) is 12.1 Å². The van der Waals surface area contributed by atoms with Gasteiger partial charge in [-0.2, -0.15) is 0 Å². The van der Waals surface area contributed by atoms with Gasteiger partial charge in [0.15, 0.2) is 5.78 Å². The third-order valence-electron chi connectivity index (χ3n) is 5.75. The summed E-state index contributed by atoms with van der Waals surface area (Å²) < 4.78 is 11.7. The molecule has 3 aliphatic rings. The molecule has 0 radical (unpaired) electrons. The number of benzene rings is 2. The van der Waals surface area contributed by atoms with Gasteiger partial charge >= 0.3 is 5.97 Å². The van der Waals surface area contributed by atoms with E-state index in [1.807, 2.05) is 12.1 Å². The van der Waals surface area contributed by atoms with Gasteiger partial charge in [0.1, 0.15) is 11.5 Å². The van der Waals surface area contributed by atoms with Crippen LogP contribution in [0.2, 0.25) is 0 Å². The van der Waals surface area contributed by atoms with Gasteiger partial charge in [-0.25, -0.2) is 0 Å². The molecule has 0 amide bonds. The average molecular weight is 402 g/mol. The smallest absolute Gasteiger partial charge is 0.316 e. The van der Waals surface area contributed by atoms with Crippen molar-refractivity contribution < 1.29 is 24.2 Å². The van der Waals surface area contributed by atoms with Crippen LogP contribution < -0.4 is 9.47 Å². The minimum absolute atomic E-state index is 0.132. The fraction of sp³-hybridized carbons (Fsp3) is 0.280. The molecule has 0 bridgehead atoms. The quantitative estimate of drug-likeness (QED) is 0.569. The minimum Gasteiger partial charge on any atom is -0.454 e. The highest BCUT2D eigenvalue weighted by Crippen LogP contribution is 2.50. The summed E-state index contributed by atoms with van der Waals surface area (Å²) in [6.45, 7) is 5.24. The number of rotatable bonds is 1. The molecule has 5 heteroatoms. The third-order valence-corrected chi connectivity index (χ3v) is 5.75. The van der Waals surface area contributed by atoms with Gasteiger partial charge in [-0.05, 0) is 74.6 Å². The first kappa shape index (κ1) is 18.8. The molecule has 0 spiro atoms. The summed E-state index contributed by atoms with van der Waals surface area (Å²) in [5.41, 5.74) is 3.47. The Morgan fingerprint density at radius 3 is 2.73 bits per heavy atom. The summed E-state index contributed by atoms with van der Waals surface area (Å²) in [6.07, 6.45) is 6.49. The number of carbonyl (C=O) groups excluding carboxylic acids is 2. The molecule has 0 saturated carbocycles. The van der Waals surface area contributed by atoms with E-state index in [9.17, 15) is 14.7 Å². The molecular formula is C25H22O5. The summed E-state index contributed by atoms with van der Waals surface area (Å²) in [5.74, 6) is -1.93. The van der Waals surface area contributed by atoms with Gasteiger partial charge < -0.3 is 14.6 Å². The van der Waals surface area contributed by atoms with Crippen LogP contribution in [0.1, 0.15) is 59.8 Å². The first-order valence-electron chi connectivity index (χ1n) is 10.1. The molecule has 1 atom stereocenters. The Morgan fingerprint density at radius 1 is 1.17 bits per heavy atom. The number of hydrogen-bond donors (Lipinski definition) is 1. The van der Waals surface area contributed by atoms with Crippen molar-refractivity contribution in [1.29, 1.82) is 0 Å². The van der Waals surface area contributed by atoms with Gasteiger partial charge in [0, 0.05) is 5.56 Å². The van der Waals surface area contributed by atoms with E-state index in [4.69, 9.17) is 9.47 Å². The Labute approximate surface area is 174 Å². The fourth-order valence-corrected chi connectivity index (χ4v) is 4.27. The number of ether oxygens (including phenoxy) is 2. The Bertz CT molecular complexity index is 1180. The van der Waals surface area contributed by atoms with E-state index in [0.717, 1.165) is 29.5 Å². The summed E-state index contributed by atoms with van der Waals surface area (Å²) in [5, 5.41) is 11.5. The van der Waals surface area contributed by atoms with Gasteiger partial charge in [-0.3, -0.25) is 9.59 Å². The lowest BCUT2D eigenvalue weighted by Gasteiger charge is -2.31. The van der Waals surface area contributed by atoms with E-state index in [1.165, 1.54) is 12.2 Å². The van der Waals surface area contributed by atoms with Crippen molar-refractivity contribution in [3.05, 3.63) is 76.4 Å². The van der Waals surface area contributed by atoms with Gasteiger partial charge in [0.25, 0.3) is 5.79 Å². The second-order valence-corrected chi connectivity index (χ2v) is 8.94. The first-order valence-corrected chi connectivity index (χ1v) is 10.1. The number of fused-ring (bicyclic) bond motifs is 1. The van der Waals surface area contributed by atoms with Gasteiger partial charge in [-0.15, -0.1) is 0 Å². The summed E-state index contributed by atoms with van der Waals surface area (Å²) in [6, 6.07) is 9.23. The highest BCUT2D eigenvalue weighted by Gasteiger charge is 2.44. The zero-order chi connectivity index (χ0) is 21.3. The van der Waals surface area contributed by atoms with Crippen LogP contribution in [0.3, 0.4) is 0 Å². The second-order valence-electron chi connectivity index (χ2n) is 8.94. The SMILES string of the molecule is CC(C)(C)C(=O)Oc1ccc2c3c1C(=O)C=C[C@]3(O)Oc1cccc3c1C2=CCC3. The van der Waals surface area contributed by atoms with Crippen molar-refractivity contribution in [1.82, 2.24) is 0 Å². The maximum absolute atomic E-state index is 12.9. The lowest BCUT2D eigenvalue weighted by molar-refractivity contribution is -0.143. The number of hydrogen-bond acceptors (Lipinski definition) is 5. The van der Waals surface area contributed by atoms with E-state index < -0.39 is 17.2 Å². The van der Waals surface area contributed by atoms with E-state index in [0.29, 0.717) is 16.9 Å². The Balaban J connectivity index is 1.78. The molecule has 0 fully saturated rings. The van der Waals surface area contributed by atoms with Crippen molar-refractivity contribution >= 4 is 17.3 Å². The molecule has 2 aliphatic carbocycles. The Kier molecular flexibility index (Phi) is 3.86. The fourth-order valence-electron chi connectivity index (χ4n) is 4.27. The number of carbonyl (C=O) groups is 2. The van der Waals surface area contributed by atoms with Crippen molar-refractivity contribution in [3.8, 4) is 11.5 Å². The number of aryl methyl sites for hydroxylation is 1. The number of ketones is 1. The zero-order valence-corrected chi connectivity index (χ0v) is 17.1. The topological polar surface area (TPSA) is 72.8 Å². The molecule has 2 aromatic carbocycles. The largest absolute Gasteiger partial charge is 0.454 e. The van der Waals surface area contributed by atoms with Crippen molar-refractivity contribution in [2.75, 3.05) is 0 Å². The van der Waals surface area contributed by atoms with Crippen molar-refractivity contribution in [2.24, 2.45) is 5.41 Å². The highest BCUT2D eigenvalue weighted by molar-refractivity contribution is 6.11. The van der Waals surface area contributed by atoms with E-state index in [-0.39, 0.29) is 17.1 Å².